The average molecular weight is 297 g/mol. The molecule has 2 rings (SSSR count). The minimum Gasteiger partial charge on any atom is -0.369 e. The second-order valence-corrected chi connectivity index (χ2v) is 5.24. The number of halogens is 1. The largest absolute Gasteiger partial charge is 0.369 e. The van der Waals surface area contributed by atoms with Crippen molar-refractivity contribution in [2.24, 2.45) is 0 Å². The fourth-order valence-electron chi connectivity index (χ4n) is 2.04. The number of anilines is 1. The monoisotopic (exact) mass is 296 g/mol. The Kier molecular flexibility index (Phi) is 3.66. The Morgan fingerprint density at radius 1 is 1.53 bits per heavy atom. The number of imidazole rings is 1. The van der Waals surface area contributed by atoms with Gasteiger partial charge in [-0.3, -0.25) is 4.57 Å². The summed E-state index contributed by atoms with van der Waals surface area (Å²) in [7, 11) is 0. The van der Waals surface area contributed by atoms with Crippen molar-refractivity contribution in [2.45, 2.75) is 39.2 Å². The van der Waals surface area contributed by atoms with Crippen LogP contribution in [0.3, 0.4) is 0 Å². The molecule has 2 heterocycles. The van der Waals surface area contributed by atoms with E-state index >= 15 is 0 Å². The summed E-state index contributed by atoms with van der Waals surface area (Å²) in [4.78, 5) is 8.76. The Labute approximate surface area is 109 Å². The molecule has 0 fully saturated rings. The number of hydrogen-bond donors (Lipinski definition) is 1. The highest BCUT2D eigenvalue weighted by Crippen LogP contribution is 2.25. The Morgan fingerprint density at radius 3 is 3.00 bits per heavy atom. The highest BCUT2D eigenvalue weighted by Gasteiger charge is 2.14. The van der Waals surface area contributed by atoms with Crippen molar-refractivity contribution in [3.8, 4) is 0 Å². The quantitative estimate of drug-likeness (QED) is 0.939. The van der Waals surface area contributed by atoms with Gasteiger partial charge in [-0.15, -0.1) is 0 Å². The summed E-state index contributed by atoms with van der Waals surface area (Å²) in [6.45, 7) is 4.36. The molecule has 0 radical (unpaired) electrons. The summed E-state index contributed by atoms with van der Waals surface area (Å²) < 4.78 is 2.95. The number of nitrogen functional groups attached to an aromatic ring is 1. The molecule has 0 aliphatic heterocycles. The standard InChI is InChI=1S/C12H17BrN4/c1-3-4-5-8(2)17-11-10(16-12(17)14)6-9(13)7-15-11/h6-8H,3-5H2,1-2H3,(H2,14,16). The van der Waals surface area contributed by atoms with Crippen LogP contribution >= 0.6 is 15.9 Å². The molecule has 92 valence electrons. The third kappa shape index (κ3) is 2.44. The van der Waals surface area contributed by atoms with Gasteiger partial charge in [-0.2, -0.15) is 0 Å². The first kappa shape index (κ1) is 12.4. The van der Waals surface area contributed by atoms with E-state index in [1.807, 2.05) is 10.6 Å². The zero-order valence-corrected chi connectivity index (χ0v) is 11.7. The van der Waals surface area contributed by atoms with Crippen molar-refractivity contribution in [3.63, 3.8) is 0 Å². The first-order chi connectivity index (χ1) is 8.13. The first-order valence-corrected chi connectivity index (χ1v) is 6.71. The van der Waals surface area contributed by atoms with Gasteiger partial charge in [0.15, 0.2) is 5.65 Å². The molecule has 1 atom stereocenters. The summed E-state index contributed by atoms with van der Waals surface area (Å²) in [6, 6.07) is 2.29. The van der Waals surface area contributed by atoms with Crippen LogP contribution in [0.25, 0.3) is 11.2 Å². The van der Waals surface area contributed by atoms with Gasteiger partial charge in [0.2, 0.25) is 5.95 Å². The van der Waals surface area contributed by atoms with Crippen LogP contribution in [-0.2, 0) is 0 Å². The molecule has 4 nitrogen and oxygen atoms in total. The molecule has 2 aromatic rings. The van der Waals surface area contributed by atoms with Gasteiger partial charge in [0.1, 0.15) is 5.52 Å². The predicted octanol–water partition coefficient (Wildman–Crippen LogP) is 3.53. The second kappa shape index (κ2) is 5.04. The molecule has 0 bridgehead atoms. The summed E-state index contributed by atoms with van der Waals surface area (Å²) in [5.41, 5.74) is 7.69. The lowest BCUT2D eigenvalue weighted by molar-refractivity contribution is 0.499. The van der Waals surface area contributed by atoms with E-state index < -0.39 is 0 Å². The van der Waals surface area contributed by atoms with Crippen molar-refractivity contribution in [1.82, 2.24) is 14.5 Å². The topological polar surface area (TPSA) is 56.7 Å². The lowest BCUT2D eigenvalue weighted by Gasteiger charge is -2.14. The first-order valence-electron chi connectivity index (χ1n) is 5.92. The van der Waals surface area contributed by atoms with Gasteiger partial charge in [-0.05, 0) is 35.3 Å². The van der Waals surface area contributed by atoms with E-state index in [0.717, 1.165) is 22.1 Å². The maximum atomic E-state index is 5.97. The van der Waals surface area contributed by atoms with Crippen LogP contribution in [0, 0.1) is 0 Å². The van der Waals surface area contributed by atoms with Crippen LogP contribution < -0.4 is 5.73 Å². The van der Waals surface area contributed by atoms with Gasteiger partial charge in [0, 0.05) is 16.7 Å². The van der Waals surface area contributed by atoms with Crippen LogP contribution in [-0.4, -0.2) is 14.5 Å². The third-order valence-corrected chi connectivity index (χ3v) is 3.37. The highest BCUT2D eigenvalue weighted by atomic mass is 79.9. The van der Waals surface area contributed by atoms with E-state index in [0.29, 0.717) is 12.0 Å². The van der Waals surface area contributed by atoms with Crippen molar-refractivity contribution < 1.29 is 0 Å². The third-order valence-electron chi connectivity index (χ3n) is 2.94. The predicted molar refractivity (Wildman–Crippen MR) is 73.9 cm³/mol. The Bertz CT molecular complexity index is 520. The molecule has 2 N–H and O–H groups in total. The van der Waals surface area contributed by atoms with Gasteiger partial charge in [-0.25, -0.2) is 9.97 Å². The average Bonchev–Trinajstić information content (AvgIpc) is 2.61. The lowest BCUT2D eigenvalue weighted by Crippen LogP contribution is -2.09. The molecule has 1 unspecified atom stereocenters. The number of nitrogens with two attached hydrogens (primary N) is 1. The van der Waals surface area contributed by atoms with Crippen molar-refractivity contribution in [2.75, 3.05) is 5.73 Å². The smallest absolute Gasteiger partial charge is 0.202 e. The number of unbranched alkanes of at least 4 members (excludes halogenated alkanes) is 1. The van der Waals surface area contributed by atoms with Gasteiger partial charge in [0.05, 0.1) is 0 Å². The minimum absolute atomic E-state index is 0.341. The molecule has 0 saturated carbocycles. The number of nitrogens with zero attached hydrogens (tertiary/aromatic N) is 3. The molecule has 0 aliphatic rings. The van der Waals surface area contributed by atoms with Crippen molar-refractivity contribution in [3.05, 3.63) is 16.7 Å². The van der Waals surface area contributed by atoms with E-state index in [9.17, 15) is 0 Å². The van der Waals surface area contributed by atoms with Crippen molar-refractivity contribution in [1.29, 1.82) is 0 Å². The summed E-state index contributed by atoms with van der Waals surface area (Å²) in [6.07, 6.45) is 5.27. The van der Waals surface area contributed by atoms with Crippen molar-refractivity contribution >= 4 is 33.0 Å². The van der Waals surface area contributed by atoms with Gasteiger partial charge >= 0.3 is 0 Å². The van der Waals surface area contributed by atoms with Crippen LogP contribution in [0.2, 0.25) is 0 Å². The normalized spacial score (nSPS) is 13.1. The van der Waals surface area contributed by atoms with E-state index in [1.165, 1.54) is 12.8 Å². The number of rotatable bonds is 4. The van der Waals surface area contributed by atoms with E-state index in [-0.39, 0.29) is 0 Å². The lowest BCUT2D eigenvalue weighted by atomic mass is 10.1. The van der Waals surface area contributed by atoms with Gasteiger partial charge in [0.25, 0.3) is 0 Å². The maximum absolute atomic E-state index is 5.97. The number of hydrogen-bond acceptors (Lipinski definition) is 3. The van der Waals surface area contributed by atoms with Gasteiger partial charge in [-0.1, -0.05) is 19.8 Å². The molecule has 5 heteroatoms. The van der Waals surface area contributed by atoms with E-state index in [1.54, 1.807) is 6.20 Å². The number of fused-ring (bicyclic) bond motifs is 1. The van der Waals surface area contributed by atoms with Crippen LogP contribution in [0.1, 0.15) is 39.2 Å². The summed E-state index contributed by atoms with van der Waals surface area (Å²) in [5.74, 6) is 0.550. The van der Waals surface area contributed by atoms with E-state index in [4.69, 9.17) is 5.73 Å². The molecule has 0 saturated heterocycles. The Morgan fingerprint density at radius 2 is 2.29 bits per heavy atom. The van der Waals surface area contributed by atoms with E-state index in [2.05, 4.69) is 39.7 Å². The Hall–Kier alpha value is -1.10. The SMILES string of the molecule is CCCCC(C)n1c(N)nc2cc(Br)cnc21. The molecule has 0 spiro atoms. The highest BCUT2D eigenvalue weighted by molar-refractivity contribution is 9.10. The molecular weight excluding hydrogens is 280 g/mol. The number of pyridine rings is 1. The molecule has 0 aliphatic carbocycles. The van der Waals surface area contributed by atoms with Gasteiger partial charge < -0.3 is 5.73 Å². The fourth-order valence-corrected chi connectivity index (χ4v) is 2.36. The molecular formula is C12H17BrN4. The summed E-state index contributed by atoms with van der Waals surface area (Å²) in [5, 5.41) is 0. The minimum atomic E-state index is 0.341. The molecule has 17 heavy (non-hydrogen) atoms. The fraction of sp³-hybridized carbons (Fsp3) is 0.500. The zero-order valence-electron chi connectivity index (χ0n) is 10.2. The van der Waals surface area contributed by atoms with Crippen LogP contribution in [0.4, 0.5) is 5.95 Å². The Balaban J connectivity index is 2.42. The molecule has 2 aromatic heterocycles. The second-order valence-electron chi connectivity index (χ2n) is 4.33. The molecule has 0 amide bonds. The summed E-state index contributed by atoms with van der Waals surface area (Å²) >= 11 is 3.39. The van der Waals surface area contributed by atoms with Crippen LogP contribution in [0.5, 0.6) is 0 Å². The zero-order chi connectivity index (χ0) is 12.4. The van der Waals surface area contributed by atoms with Crippen LogP contribution in [0.15, 0.2) is 16.7 Å². The maximum Gasteiger partial charge on any atom is 0.202 e. The molecule has 0 aromatic carbocycles. The number of aromatic nitrogens is 3.